The Morgan fingerprint density at radius 3 is 1.62 bits per heavy atom. The van der Waals surface area contributed by atoms with E-state index in [0.717, 1.165) is 103 Å². The highest BCUT2D eigenvalue weighted by Gasteiger charge is 2.68. The topological polar surface area (TPSA) is 82.1 Å². The molecule has 7 rings (SSSR count). The van der Waals surface area contributed by atoms with Crippen LogP contribution in [0.2, 0.25) is 0 Å². The van der Waals surface area contributed by atoms with Crippen molar-refractivity contribution in [2.75, 3.05) is 19.6 Å². The third-order valence-corrected chi connectivity index (χ3v) is 13.8. The minimum absolute atomic E-state index is 0.0921. The molecule has 6 bridgehead atoms. The summed E-state index contributed by atoms with van der Waals surface area (Å²) in [5.74, 6) is 0.619. The number of unbranched alkanes of at least 4 members (excludes halogenated alkanes) is 8. The summed E-state index contributed by atoms with van der Waals surface area (Å²) in [6.07, 6.45) is 34.8. The van der Waals surface area contributed by atoms with Crippen LogP contribution in [0.1, 0.15) is 194 Å². The molecule has 0 saturated heterocycles. The molecule has 4 unspecified atom stereocenters. The quantitative estimate of drug-likeness (QED) is 0.0399. The second kappa shape index (κ2) is 20.1. The van der Waals surface area contributed by atoms with Gasteiger partial charge in [0, 0.05) is 32.1 Å². The Bertz CT molecular complexity index is 1220. The summed E-state index contributed by atoms with van der Waals surface area (Å²) in [5, 5.41) is 0. The number of rotatable bonds is 25. The number of carbonyl (C=O) groups excluding carboxylic acids is 3. The number of allylic oxidation sites excluding steroid dienone is 4. The number of nitrogens with zero attached hydrogens (tertiary/aromatic N) is 1. The number of esters is 3. The molecular formula is C46H75NO6. The van der Waals surface area contributed by atoms with Crippen LogP contribution in [-0.4, -0.2) is 59.2 Å². The Hall–Kier alpha value is -2.15. The zero-order valence-electron chi connectivity index (χ0n) is 34.1. The lowest BCUT2D eigenvalue weighted by Gasteiger charge is -2.63. The van der Waals surface area contributed by atoms with Crippen molar-refractivity contribution in [2.24, 2.45) is 17.3 Å². The molecule has 7 heteroatoms. The molecule has 0 aromatic rings. The first kappa shape index (κ1) is 42.0. The normalized spacial score (nSPS) is 31.5. The van der Waals surface area contributed by atoms with E-state index < -0.39 is 16.8 Å². The highest BCUT2D eigenvalue weighted by atomic mass is 16.6. The summed E-state index contributed by atoms with van der Waals surface area (Å²) >= 11 is 0. The van der Waals surface area contributed by atoms with Crippen LogP contribution in [0.15, 0.2) is 24.3 Å². The summed E-state index contributed by atoms with van der Waals surface area (Å²) in [6.45, 7) is 9.35. The smallest absolute Gasteiger partial charge is 0.306 e. The van der Waals surface area contributed by atoms with Crippen LogP contribution in [0.3, 0.4) is 0 Å². The van der Waals surface area contributed by atoms with Gasteiger partial charge in [0.05, 0.1) is 6.42 Å². The lowest BCUT2D eigenvalue weighted by atomic mass is 9.50. The molecule has 7 aliphatic rings. The van der Waals surface area contributed by atoms with Gasteiger partial charge in [-0.15, -0.1) is 0 Å². The van der Waals surface area contributed by atoms with Gasteiger partial charge in [-0.3, -0.25) is 14.4 Å². The molecule has 7 aliphatic carbocycles. The van der Waals surface area contributed by atoms with E-state index in [-0.39, 0.29) is 29.2 Å². The third-order valence-electron chi connectivity index (χ3n) is 13.8. The first-order chi connectivity index (χ1) is 25.6. The van der Waals surface area contributed by atoms with Gasteiger partial charge in [0.2, 0.25) is 0 Å². The van der Waals surface area contributed by atoms with E-state index in [2.05, 4.69) is 50.0 Å². The largest absolute Gasteiger partial charge is 0.459 e. The first-order valence-electron chi connectivity index (χ1n) is 22.3. The number of fused-ring (bicyclic) bond motifs is 3. The Morgan fingerprint density at radius 2 is 1.08 bits per heavy atom. The van der Waals surface area contributed by atoms with E-state index in [1.54, 1.807) is 0 Å². The average molecular weight is 738 g/mol. The van der Waals surface area contributed by atoms with Crippen molar-refractivity contribution < 1.29 is 28.6 Å². The molecule has 0 spiro atoms. The van der Waals surface area contributed by atoms with E-state index in [1.165, 1.54) is 57.8 Å². The Morgan fingerprint density at radius 1 is 0.585 bits per heavy atom. The fourth-order valence-corrected chi connectivity index (χ4v) is 11.4. The van der Waals surface area contributed by atoms with Crippen LogP contribution >= 0.6 is 0 Å². The summed E-state index contributed by atoms with van der Waals surface area (Å²) < 4.78 is 19.5. The van der Waals surface area contributed by atoms with Gasteiger partial charge in [0.25, 0.3) is 0 Å². The maximum Gasteiger partial charge on any atom is 0.306 e. The molecule has 0 aromatic carbocycles. The highest BCUT2D eigenvalue weighted by molar-refractivity contribution is 5.72. The predicted molar refractivity (Wildman–Crippen MR) is 212 cm³/mol. The molecule has 7 saturated carbocycles. The van der Waals surface area contributed by atoms with Crippen molar-refractivity contribution in [3.8, 4) is 0 Å². The summed E-state index contributed by atoms with van der Waals surface area (Å²) in [4.78, 5) is 43.0. The molecule has 7 fully saturated rings. The fraction of sp³-hybridized carbons (Fsp3) is 0.848. The maximum atomic E-state index is 13.8. The zero-order chi connectivity index (χ0) is 37.6. The van der Waals surface area contributed by atoms with E-state index in [0.29, 0.717) is 38.5 Å². The average Bonchev–Trinajstić information content (AvgIpc) is 3.11. The monoisotopic (exact) mass is 738 g/mol. The van der Waals surface area contributed by atoms with Crippen molar-refractivity contribution in [3.63, 3.8) is 0 Å². The number of hydrogen-bond donors (Lipinski definition) is 0. The van der Waals surface area contributed by atoms with Gasteiger partial charge in [0.15, 0.2) is 0 Å². The molecule has 0 heterocycles. The summed E-state index contributed by atoms with van der Waals surface area (Å²) in [7, 11) is 0. The first-order valence-corrected chi connectivity index (χ1v) is 22.3. The lowest BCUT2D eigenvalue weighted by Crippen LogP contribution is -2.69. The fourth-order valence-electron chi connectivity index (χ4n) is 11.4. The minimum atomic E-state index is -0.743. The van der Waals surface area contributed by atoms with Crippen molar-refractivity contribution in [1.29, 1.82) is 0 Å². The van der Waals surface area contributed by atoms with Crippen molar-refractivity contribution in [2.45, 2.75) is 211 Å². The number of hydrogen-bond acceptors (Lipinski definition) is 7. The molecule has 7 nitrogen and oxygen atoms in total. The Kier molecular flexibility index (Phi) is 16.0. The molecule has 0 aliphatic heterocycles. The van der Waals surface area contributed by atoms with Gasteiger partial charge in [-0.1, -0.05) is 77.2 Å². The second-order valence-electron chi connectivity index (χ2n) is 18.2. The summed E-state index contributed by atoms with van der Waals surface area (Å²) in [6, 6.07) is 0. The van der Waals surface area contributed by atoms with Gasteiger partial charge in [-0.05, 0) is 140 Å². The Balaban J connectivity index is 1.11. The molecular weight excluding hydrogens is 663 g/mol. The van der Waals surface area contributed by atoms with Gasteiger partial charge < -0.3 is 19.1 Å². The highest BCUT2D eigenvalue weighted by Crippen LogP contribution is 2.63. The molecule has 0 radical (unpaired) electrons. The van der Waals surface area contributed by atoms with Crippen molar-refractivity contribution in [3.05, 3.63) is 24.3 Å². The van der Waals surface area contributed by atoms with Crippen molar-refractivity contribution >= 4 is 17.9 Å². The maximum absolute atomic E-state index is 13.8. The molecule has 0 aromatic heterocycles. The standard InChI is InChI=1S/C46H75NO6/c1-4-7-8-9-10-11-12-13-14-15-16-17-18-19-20-22-40(48)51-44-31-39-32-45(35-44,52-41(49)23-21-30-47(5-2)6-3)37-46(33-39,36-44)53-42(50)34-43-27-24-38(25-28-43)26-29-43/h10-11,13-14,38-39H,4-9,12,15-37H2,1-3H3/b11-10-,14-13-. The Labute approximate surface area is 322 Å². The minimum Gasteiger partial charge on any atom is -0.459 e. The molecule has 300 valence electrons. The van der Waals surface area contributed by atoms with Crippen LogP contribution in [-0.2, 0) is 28.6 Å². The van der Waals surface area contributed by atoms with Gasteiger partial charge in [-0.2, -0.15) is 0 Å². The molecule has 53 heavy (non-hydrogen) atoms. The predicted octanol–water partition coefficient (Wildman–Crippen LogP) is 11.1. The van der Waals surface area contributed by atoms with Crippen molar-refractivity contribution in [1.82, 2.24) is 4.90 Å². The molecule has 0 N–H and O–H groups in total. The zero-order valence-corrected chi connectivity index (χ0v) is 34.1. The van der Waals surface area contributed by atoms with E-state index in [1.807, 2.05) is 0 Å². The third kappa shape index (κ3) is 12.4. The number of carbonyl (C=O) groups is 3. The second-order valence-corrected chi connectivity index (χ2v) is 18.2. The van der Waals surface area contributed by atoms with Crippen LogP contribution in [0.25, 0.3) is 0 Å². The van der Waals surface area contributed by atoms with Crippen LogP contribution < -0.4 is 0 Å². The van der Waals surface area contributed by atoms with Crippen LogP contribution in [0.5, 0.6) is 0 Å². The van der Waals surface area contributed by atoms with E-state index >= 15 is 0 Å². The van der Waals surface area contributed by atoms with Gasteiger partial charge in [0.1, 0.15) is 16.8 Å². The van der Waals surface area contributed by atoms with Gasteiger partial charge in [-0.25, -0.2) is 0 Å². The molecule has 0 amide bonds. The number of ether oxygens (including phenoxy) is 3. The molecule has 4 atom stereocenters. The van der Waals surface area contributed by atoms with Gasteiger partial charge >= 0.3 is 17.9 Å². The van der Waals surface area contributed by atoms with E-state index in [9.17, 15) is 14.4 Å². The summed E-state index contributed by atoms with van der Waals surface area (Å²) in [5.41, 5.74) is -2.13. The van der Waals surface area contributed by atoms with E-state index in [4.69, 9.17) is 14.2 Å². The lowest BCUT2D eigenvalue weighted by molar-refractivity contribution is -0.273. The van der Waals surface area contributed by atoms with Crippen LogP contribution in [0.4, 0.5) is 0 Å². The van der Waals surface area contributed by atoms with Crippen LogP contribution in [0, 0.1) is 17.3 Å². The SMILES string of the molecule is CCCCC/C=C\C/C=C\CCCCCCCC(=O)OC12CC3CC(OC(=O)CCCN(CC)CC)(C1)CC(OC(=O)CC14CCC(CC1)CC4)(C3)C2.